The molecule has 4 nitrogen and oxygen atoms in total. The number of likely N-dealkylation sites (tertiary alicyclic amines) is 1. The standard InChI is InChI=1S/C11H16ClN3O/c12-11-2-1-10(13-14-11)8-15-5-3-9(7-15)4-6-16/h1-2,9,16H,3-8H2. The molecule has 88 valence electrons. The SMILES string of the molecule is OCCC1CCN(Cc2ccc(Cl)nn2)C1. The minimum Gasteiger partial charge on any atom is -0.396 e. The normalized spacial score (nSPS) is 21.5. The number of rotatable bonds is 4. The molecule has 0 aliphatic carbocycles. The van der Waals surface area contributed by atoms with Crippen LogP contribution < -0.4 is 0 Å². The van der Waals surface area contributed by atoms with Gasteiger partial charge >= 0.3 is 0 Å². The molecule has 1 unspecified atom stereocenters. The minimum atomic E-state index is 0.291. The molecule has 5 heteroatoms. The Bertz CT molecular complexity index is 331. The molecule has 0 aromatic carbocycles. The zero-order chi connectivity index (χ0) is 11.4. The first-order chi connectivity index (χ1) is 7.78. The monoisotopic (exact) mass is 241 g/mol. The summed E-state index contributed by atoms with van der Waals surface area (Å²) < 4.78 is 0. The lowest BCUT2D eigenvalue weighted by molar-refractivity contribution is 0.248. The quantitative estimate of drug-likeness (QED) is 0.864. The fourth-order valence-corrected chi connectivity index (χ4v) is 2.23. The van der Waals surface area contributed by atoms with Crippen LogP contribution in [-0.2, 0) is 6.54 Å². The molecular formula is C11H16ClN3O. The summed E-state index contributed by atoms with van der Waals surface area (Å²) in [6.45, 7) is 3.24. The van der Waals surface area contributed by atoms with Gasteiger partial charge in [-0.15, -0.1) is 5.10 Å². The highest BCUT2D eigenvalue weighted by molar-refractivity contribution is 6.29. The molecule has 1 aromatic rings. The number of hydrogen-bond acceptors (Lipinski definition) is 4. The van der Waals surface area contributed by atoms with E-state index < -0.39 is 0 Å². The fraction of sp³-hybridized carbons (Fsp3) is 0.636. The van der Waals surface area contributed by atoms with Crippen molar-refractivity contribution >= 4 is 11.6 Å². The summed E-state index contributed by atoms with van der Waals surface area (Å²) in [5.41, 5.74) is 0.953. The summed E-state index contributed by atoms with van der Waals surface area (Å²) >= 11 is 5.68. The number of hydrogen-bond donors (Lipinski definition) is 1. The Kier molecular flexibility index (Phi) is 4.09. The summed E-state index contributed by atoms with van der Waals surface area (Å²) in [5.74, 6) is 0.630. The minimum absolute atomic E-state index is 0.291. The lowest BCUT2D eigenvalue weighted by Gasteiger charge is -2.14. The molecular weight excluding hydrogens is 226 g/mol. The Hall–Kier alpha value is -0.710. The van der Waals surface area contributed by atoms with Gasteiger partial charge < -0.3 is 5.11 Å². The van der Waals surface area contributed by atoms with Crippen LogP contribution in [0.25, 0.3) is 0 Å². The van der Waals surface area contributed by atoms with Gasteiger partial charge in [-0.1, -0.05) is 11.6 Å². The van der Waals surface area contributed by atoms with Crippen LogP contribution in [-0.4, -0.2) is 39.9 Å². The van der Waals surface area contributed by atoms with Crippen molar-refractivity contribution in [1.29, 1.82) is 0 Å². The highest BCUT2D eigenvalue weighted by Gasteiger charge is 2.22. The second-order valence-corrected chi connectivity index (χ2v) is 4.64. The van der Waals surface area contributed by atoms with E-state index >= 15 is 0 Å². The van der Waals surface area contributed by atoms with Gasteiger partial charge in [0, 0.05) is 19.7 Å². The summed E-state index contributed by atoms with van der Waals surface area (Å²) in [6.07, 6.45) is 2.07. The van der Waals surface area contributed by atoms with Crippen LogP contribution in [0, 0.1) is 5.92 Å². The van der Waals surface area contributed by atoms with Crippen molar-refractivity contribution in [2.24, 2.45) is 5.92 Å². The highest BCUT2D eigenvalue weighted by atomic mass is 35.5. The number of nitrogens with zero attached hydrogens (tertiary/aromatic N) is 3. The van der Waals surface area contributed by atoms with Crippen molar-refractivity contribution in [2.45, 2.75) is 19.4 Å². The third-order valence-corrected chi connectivity index (χ3v) is 3.18. The van der Waals surface area contributed by atoms with Crippen molar-refractivity contribution in [3.63, 3.8) is 0 Å². The maximum atomic E-state index is 8.88. The van der Waals surface area contributed by atoms with Gasteiger partial charge in [-0.2, -0.15) is 5.10 Å². The van der Waals surface area contributed by atoms with E-state index in [4.69, 9.17) is 16.7 Å². The Morgan fingerprint density at radius 2 is 2.31 bits per heavy atom. The van der Waals surface area contributed by atoms with Crippen LogP contribution in [0.3, 0.4) is 0 Å². The molecule has 0 radical (unpaired) electrons. The Morgan fingerprint density at radius 3 is 3.00 bits per heavy atom. The van der Waals surface area contributed by atoms with Crippen LogP contribution in [0.4, 0.5) is 0 Å². The van der Waals surface area contributed by atoms with Crippen LogP contribution >= 0.6 is 11.6 Å². The maximum absolute atomic E-state index is 8.88. The van der Waals surface area contributed by atoms with Gasteiger partial charge in [-0.05, 0) is 37.4 Å². The van der Waals surface area contributed by atoms with E-state index in [1.807, 2.05) is 6.07 Å². The van der Waals surface area contributed by atoms with Crippen LogP contribution in [0.2, 0.25) is 5.15 Å². The molecule has 2 rings (SSSR count). The van der Waals surface area contributed by atoms with Gasteiger partial charge in [-0.25, -0.2) is 0 Å². The molecule has 0 amide bonds. The second kappa shape index (κ2) is 5.57. The van der Waals surface area contributed by atoms with Crippen molar-refractivity contribution in [3.8, 4) is 0 Å². The fourth-order valence-electron chi connectivity index (χ4n) is 2.13. The van der Waals surface area contributed by atoms with E-state index in [2.05, 4.69) is 15.1 Å². The van der Waals surface area contributed by atoms with Crippen molar-refractivity contribution in [3.05, 3.63) is 23.0 Å². The lowest BCUT2D eigenvalue weighted by atomic mass is 10.1. The first-order valence-corrected chi connectivity index (χ1v) is 5.97. The van der Waals surface area contributed by atoms with E-state index in [0.29, 0.717) is 17.7 Å². The third kappa shape index (κ3) is 3.14. The summed E-state index contributed by atoms with van der Waals surface area (Å²) in [7, 11) is 0. The molecule has 16 heavy (non-hydrogen) atoms. The molecule has 1 atom stereocenters. The Labute approximate surface area is 100 Å². The van der Waals surface area contributed by atoms with E-state index in [1.165, 1.54) is 6.42 Å². The first kappa shape index (κ1) is 11.8. The summed E-state index contributed by atoms with van der Waals surface area (Å²) in [4.78, 5) is 2.35. The maximum Gasteiger partial charge on any atom is 0.151 e. The van der Waals surface area contributed by atoms with Gasteiger partial charge in [0.15, 0.2) is 5.15 Å². The van der Waals surface area contributed by atoms with Crippen molar-refractivity contribution in [1.82, 2.24) is 15.1 Å². The summed E-state index contributed by atoms with van der Waals surface area (Å²) in [6, 6.07) is 3.68. The average molecular weight is 242 g/mol. The number of aliphatic hydroxyl groups excluding tert-OH is 1. The van der Waals surface area contributed by atoms with E-state index in [9.17, 15) is 0 Å². The van der Waals surface area contributed by atoms with Gasteiger partial charge in [0.25, 0.3) is 0 Å². The number of aliphatic hydroxyl groups is 1. The van der Waals surface area contributed by atoms with Gasteiger partial charge in [-0.3, -0.25) is 4.90 Å². The smallest absolute Gasteiger partial charge is 0.151 e. The van der Waals surface area contributed by atoms with Crippen molar-refractivity contribution < 1.29 is 5.11 Å². The predicted molar refractivity (Wildman–Crippen MR) is 62.1 cm³/mol. The molecule has 2 heterocycles. The molecule has 1 aromatic heterocycles. The average Bonchev–Trinajstić information content (AvgIpc) is 2.70. The molecule has 0 spiro atoms. The third-order valence-electron chi connectivity index (χ3n) is 2.98. The van der Waals surface area contributed by atoms with Crippen LogP contribution in [0.1, 0.15) is 18.5 Å². The zero-order valence-corrected chi connectivity index (χ0v) is 9.90. The van der Waals surface area contributed by atoms with Crippen molar-refractivity contribution in [2.75, 3.05) is 19.7 Å². The van der Waals surface area contributed by atoms with Gasteiger partial charge in [0.2, 0.25) is 0 Å². The Morgan fingerprint density at radius 1 is 1.44 bits per heavy atom. The van der Waals surface area contributed by atoms with E-state index in [1.54, 1.807) is 6.07 Å². The molecule has 0 bridgehead atoms. The van der Waals surface area contributed by atoms with Crippen LogP contribution in [0.15, 0.2) is 12.1 Å². The lowest BCUT2D eigenvalue weighted by Crippen LogP contribution is -2.21. The van der Waals surface area contributed by atoms with Crippen LogP contribution in [0.5, 0.6) is 0 Å². The molecule has 1 saturated heterocycles. The summed E-state index contributed by atoms with van der Waals surface area (Å²) in [5, 5.41) is 17.2. The molecule has 1 N–H and O–H groups in total. The molecule has 1 aliphatic rings. The van der Waals surface area contributed by atoms with E-state index in [-0.39, 0.29) is 0 Å². The van der Waals surface area contributed by atoms with Gasteiger partial charge in [0.1, 0.15) is 0 Å². The topological polar surface area (TPSA) is 49.2 Å². The molecule has 1 aliphatic heterocycles. The highest BCUT2D eigenvalue weighted by Crippen LogP contribution is 2.20. The Balaban J connectivity index is 1.84. The molecule has 0 saturated carbocycles. The largest absolute Gasteiger partial charge is 0.396 e. The van der Waals surface area contributed by atoms with Gasteiger partial charge in [0.05, 0.1) is 5.69 Å². The number of halogens is 1. The second-order valence-electron chi connectivity index (χ2n) is 4.25. The predicted octanol–water partition coefficient (Wildman–Crippen LogP) is 1.33. The number of aromatic nitrogens is 2. The molecule has 1 fully saturated rings. The van der Waals surface area contributed by atoms with E-state index in [0.717, 1.165) is 31.7 Å². The zero-order valence-electron chi connectivity index (χ0n) is 9.14. The first-order valence-electron chi connectivity index (χ1n) is 5.59.